The van der Waals surface area contributed by atoms with Crippen LogP contribution in [0.15, 0.2) is 28.7 Å². The Morgan fingerprint density at radius 2 is 2.16 bits per heavy atom. The zero-order valence-electron chi connectivity index (χ0n) is 11.9. The first kappa shape index (κ1) is 14.8. The van der Waals surface area contributed by atoms with Crippen LogP contribution in [0.1, 0.15) is 20.3 Å². The topological polar surface area (TPSA) is 26.7 Å². The Balaban J connectivity index is 2.36. The SMILES string of the molecule is CN1CC(CCO)N(c2cccc(Br)c2)C(C)(C)C1. The standard InChI is InChI=1S/C15H23BrN2O/c1-15(2)11-17(3)10-14(7-8-19)18(15)13-6-4-5-12(16)9-13/h4-6,9,14,19H,7-8,10-11H2,1-3H3. The number of piperazine rings is 1. The van der Waals surface area contributed by atoms with Crippen LogP contribution in [-0.2, 0) is 0 Å². The first-order valence-electron chi connectivity index (χ1n) is 6.78. The van der Waals surface area contributed by atoms with Gasteiger partial charge in [0.15, 0.2) is 0 Å². The second-order valence-corrected chi connectivity index (χ2v) is 6.94. The van der Waals surface area contributed by atoms with Gasteiger partial charge in [0.2, 0.25) is 0 Å². The highest BCUT2D eigenvalue weighted by Gasteiger charge is 2.38. The molecule has 0 saturated carbocycles. The first-order valence-corrected chi connectivity index (χ1v) is 7.57. The van der Waals surface area contributed by atoms with Crippen molar-refractivity contribution in [2.24, 2.45) is 0 Å². The summed E-state index contributed by atoms with van der Waals surface area (Å²) in [5.41, 5.74) is 1.29. The summed E-state index contributed by atoms with van der Waals surface area (Å²) in [7, 11) is 2.16. The molecule has 1 heterocycles. The molecule has 1 unspecified atom stereocenters. The maximum Gasteiger partial charge on any atom is 0.0476 e. The molecular formula is C15H23BrN2O. The molecule has 4 heteroatoms. The minimum atomic E-state index is 0.0631. The van der Waals surface area contributed by atoms with E-state index in [2.05, 4.69) is 64.8 Å². The summed E-state index contributed by atoms with van der Waals surface area (Å²) in [6.07, 6.45) is 0.806. The van der Waals surface area contributed by atoms with E-state index in [-0.39, 0.29) is 12.1 Å². The van der Waals surface area contributed by atoms with Crippen molar-refractivity contribution in [3.8, 4) is 0 Å². The lowest BCUT2D eigenvalue weighted by molar-refractivity contribution is 0.159. The Labute approximate surface area is 124 Å². The molecule has 19 heavy (non-hydrogen) atoms. The Morgan fingerprint density at radius 3 is 2.79 bits per heavy atom. The molecule has 0 aliphatic carbocycles. The smallest absolute Gasteiger partial charge is 0.0476 e. The van der Waals surface area contributed by atoms with Crippen molar-refractivity contribution in [1.82, 2.24) is 4.90 Å². The Kier molecular flexibility index (Phi) is 4.54. The van der Waals surface area contributed by atoms with Crippen LogP contribution in [-0.4, -0.2) is 48.3 Å². The van der Waals surface area contributed by atoms with E-state index in [4.69, 9.17) is 0 Å². The summed E-state index contributed by atoms with van der Waals surface area (Å²) < 4.78 is 1.10. The number of anilines is 1. The van der Waals surface area contributed by atoms with Crippen molar-refractivity contribution in [2.45, 2.75) is 31.8 Å². The number of hydrogen-bond acceptors (Lipinski definition) is 3. The van der Waals surface area contributed by atoms with Crippen LogP contribution in [0.5, 0.6) is 0 Å². The molecule has 0 amide bonds. The third-order valence-corrected chi connectivity index (χ3v) is 4.24. The van der Waals surface area contributed by atoms with E-state index < -0.39 is 0 Å². The molecule has 3 nitrogen and oxygen atoms in total. The number of halogens is 1. The van der Waals surface area contributed by atoms with Gasteiger partial charge in [-0.1, -0.05) is 22.0 Å². The molecular weight excluding hydrogens is 304 g/mol. The highest BCUT2D eigenvalue weighted by atomic mass is 79.9. The van der Waals surface area contributed by atoms with Gasteiger partial charge < -0.3 is 14.9 Å². The Hall–Kier alpha value is -0.580. The molecule has 1 aliphatic rings. The van der Waals surface area contributed by atoms with E-state index in [1.165, 1.54) is 5.69 Å². The zero-order valence-corrected chi connectivity index (χ0v) is 13.5. The monoisotopic (exact) mass is 326 g/mol. The molecule has 1 aromatic rings. The average Bonchev–Trinajstić information content (AvgIpc) is 2.26. The van der Waals surface area contributed by atoms with Gasteiger partial charge in [0, 0.05) is 41.4 Å². The van der Waals surface area contributed by atoms with Gasteiger partial charge in [0.05, 0.1) is 0 Å². The van der Waals surface area contributed by atoms with Crippen LogP contribution in [0.3, 0.4) is 0 Å². The van der Waals surface area contributed by atoms with Crippen molar-refractivity contribution in [1.29, 1.82) is 0 Å². The lowest BCUT2D eigenvalue weighted by Gasteiger charge is -2.52. The molecule has 1 fully saturated rings. The normalized spacial score (nSPS) is 23.6. The first-order chi connectivity index (χ1) is 8.94. The highest BCUT2D eigenvalue weighted by molar-refractivity contribution is 9.10. The van der Waals surface area contributed by atoms with Crippen molar-refractivity contribution < 1.29 is 5.11 Å². The van der Waals surface area contributed by atoms with Gasteiger partial charge in [0.25, 0.3) is 0 Å². The minimum Gasteiger partial charge on any atom is -0.396 e. The van der Waals surface area contributed by atoms with E-state index in [1.54, 1.807) is 0 Å². The fourth-order valence-corrected chi connectivity index (χ4v) is 3.68. The summed E-state index contributed by atoms with van der Waals surface area (Å²) in [4.78, 5) is 4.82. The van der Waals surface area contributed by atoms with E-state index in [0.29, 0.717) is 6.04 Å². The second kappa shape index (κ2) is 5.81. The number of hydrogen-bond donors (Lipinski definition) is 1. The third-order valence-electron chi connectivity index (χ3n) is 3.75. The second-order valence-electron chi connectivity index (χ2n) is 6.03. The fourth-order valence-electron chi connectivity index (χ4n) is 3.29. The summed E-state index contributed by atoms with van der Waals surface area (Å²) in [5, 5.41) is 9.34. The Morgan fingerprint density at radius 1 is 1.42 bits per heavy atom. The van der Waals surface area contributed by atoms with Crippen LogP contribution in [0.2, 0.25) is 0 Å². The lowest BCUT2D eigenvalue weighted by atomic mass is 9.92. The van der Waals surface area contributed by atoms with E-state index >= 15 is 0 Å². The molecule has 1 saturated heterocycles. The maximum atomic E-state index is 9.34. The van der Waals surface area contributed by atoms with Gasteiger partial charge in [-0.05, 0) is 45.5 Å². The van der Waals surface area contributed by atoms with Crippen LogP contribution >= 0.6 is 15.9 Å². The van der Waals surface area contributed by atoms with Gasteiger partial charge in [-0.15, -0.1) is 0 Å². The molecule has 0 aromatic heterocycles. The molecule has 0 spiro atoms. The molecule has 1 aromatic carbocycles. The van der Waals surface area contributed by atoms with Gasteiger partial charge in [0.1, 0.15) is 0 Å². The maximum absolute atomic E-state index is 9.34. The predicted molar refractivity (Wildman–Crippen MR) is 83.7 cm³/mol. The van der Waals surface area contributed by atoms with E-state index in [1.807, 2.05) is 6.07 Å². The van der Waals surface area contributed by atoms with E-state index in [0.717, 1.165) is 24.0 Å². The van der Waals surface area contributed by atoms with Crippen LogP contribution in [0, 0.1) is 0 Å². The van der Waals surface area contributed by atoms with Crippen molar-refractivity contribution in [3.63, 3.8) is 0 Å². The predicted octanol–water partition coefficient (Wildman–Crippen LogP) is 2.73. The summed E-state index contributed by atoms with van der Waals surface area (Å²) >= 11 is 3.55. The van der Waals surface area contributed by atoms with Crippen molar-refractivity contribution in [2.75, 3.05) is 31.6 Å². The summed E-state index contributed by atoms with van der Waals surface area (Å²) in [5.74, 6) is 0. The number of rotatable bonds is 3. The molecule has 1 aliphatic heterocycles. The molecule has 1 atom stereocenters. The summed E-state index contributed by atoms with van der Waals surface area (Å²) in [6.45, 7) is 6.80. The number of aliphatic hydroxyl groups is 1. The number of likely N-dealkylation sites (N-methyl/N-ethyl adjacent to an activating group) is 1. The highest BCUT2D eigenvalue weighted by Crippen LogP contribution is 2.33. The molecule has 1 N–H and O–H groups in total. The van der Waals surface area contributed by atoms with Crippen LogP contribution in [0.25, 0.3) is 0 Å². The average molecular weight is 327 g/mol. The molecule has 2 rings (SSSR count). The minimum absolute atomic E-state index is 0.0631. The van der Waals surface area contributed by atoms with Gasteiger partial charge in [-0.3, -0.25) is 0 Å². The van der Waals surface area contributed by atoms with Crippen molar-refractivity contribution >= 4 is 21.6 Å². The number of nitrogens with zero attached hydrogens (tertiary/aromatic N) is 2. The van der Waals surface area contributed by atoms with Crippen LogP contribution in [0.4, 0.5) is 5.69 Å². The molecule has 0 radical (unpaired) electrons. The lowest BCUT2D eigenvalue weighted by Crippen LogP contribution is -2.63. The third kappa shape index (κ3) is 3.30. The van der Waals surface area contributed by atoms with Gasteiger partial charge >= 0.3 is 0 Å². The zero-order chi connectivity index (χ0) is 14.0. The largest absolute Gasteiger partial charge is 0.396 e. The van der Waals surface area contributed by atoms with Crippen LogP contribution < -0.4 is 4.90 Å². The van der Waals surface area contributed by atoms with Gasteiger partial charge in [-0.2, -0.15) is 0 Å². The number of aliphatic hydroxyl groups excluding tert-OH is 1. The summed E-state index contributed by atoms with van der Waals surface area (Å²) in [6, 6.07) is 8.80. The quantitative estimate of drug-likeness (QED) is 0.925. The van der Waals surface area contributed by atoms with E-state index in [9.17, 15) is 5.11 Å². The molecule has 106 valence electrons. The van der Waals surface area contributed by atoms with Gasteiger partial charge in [-0.25, -0.2) is 0 Å². The van der Waals surface area contributed by atoms with Crippen molar-refractivity contribution in [3.05, 3.63) is 28.7 Å². The molecule has 0 bridgehead atoms. The Bertz CT molecular complexity index is 436. The number of benzene rings is 1. The fraction of sp³-hybridized carbons (Fsp3) is 0.600.